The molecule has 1 saturated heterocycles. The van der Waals surface area contributed by atoms with E-state index >= 15 is 0 Å². The zero-order valence-corrected chi connectivity index (χ0v) is 16.8. The van der Waals surface area contributed by atoms with Crippen LogP contribution < -0.4 is 5.32 Å². The van der Waals surface area contributed by atoms with Gasteiger partial charge in [0.05, 0.1) is 4.90 Å². The van der Waals surface area contributed by atoms with E-state index in [9.17, 15) is 13.2 Å². The summed E-state index contributed by atoms with van der Waals surface area (Å²) in [5, 5.41) is 10.8. The van der Waals surface area contributed by atoms with Crippen molar-refractivity contribution in [3.63, 3.8) is 0 Å². The van der Waals surface area contributed by atoms with E-state index in [0.29, 0.717) is 31.3 Å². The topological polar surface area (TPSA) is 95.5 Å². The number of likely N-dealkylation sites (N-methyl/N-ethyl adjacent to an activating group) is 1. The smallest absolute Gasteiger partial charge is 0.257 e. The molecule has 1 aromatic heterocycles. The monoisotopic (exact) mass is 413 g/mol. The summed E-state index contributed by atoms with van der Waals surface area (Å²) in [7, 11) is -1.65. The second kappa shape index (κ2) is 8.01. The number of thioether (sulfide) groups is 1. The van der Waals surface area contributed by atoms with Gasteiger partial charge in [-0.2, -0.15) is 4.31 Å². The average Bonchev–Trinajstić information content (AvgIpc) is 3.10. The van der Waals surface area contributed by atoms with Crippen molar-refractivity contribution < 1.29 is 13.2 Å². The lowest BCUT2D eigenvalue weighted by atomic mass is 10.2. The normalized spacial score (nSPS) is 16.5. The molecule has 11 heteroatoms. The SMILES string of the molecule is CSc1nnc(NC(=O)c2cccc(S(=O)(=O)N3CCN(C)CC3)c2)s1. The summed E-state index contributed by atoms with van der Waals surface area (Å²) in [6, 6.07) is 6.07. The largest absolute Gasteiger partial charge is 0.304 e. The lowest BCUT2D eigenvalue weighted by molar-refractivity contribution is 0.102. The van der Waals surface area contributed by atoms with Gasteiger partial charge in [-0.3, -0.25) is 10.1 Å². The maximum absolute atomic E-state index is 12.8. The quantitative estimate of drug-likeness (QED) is 0.585. The maximum Gasteiger partial charge on any atom is 0.257 e. The highest BCUT2D eigenvalue weighted by Gasteiger charge is 2.28. The van der Waals surface area contributed by atoms with Crippen LogP contribution in [0.1, 0.15) is 10.4 Å². The third-order valence-corrected chi connectivity index (χ3v) is 7.71. The fourth-order valence-electron chi connectivity index (χ4n) is 2.49. The average molecular weight is 414 g/mol. The first-order chi connectivity index (χ1) is 12.4. The minimum Gasteiger partial charge on any atom is -0.304 e. The van der Waals surface area contributed by atoms with Gasteiger partial charge in [-0.25, -0.2) is 8.42 Å². The summed E-state index contributed by atoms with van der Waals surface area (Å²) < 4.78 is 27.8. The molecule has 1 fully saturated rings. The highest BCUT2D eigenvalue weighted by atomic mass is 32.2. The molecule has 1 aliphatic heterocycles. The van der Waals surface area contributed by atoms with Gasteiger partial charge in [0, 0.05) is 31.7 Å². The predicted molar refractivity (Wildman–Crippen MR) is 102 cm³/mol. The lowest BCUT2D eigenvalue weighted by Gasteiger charge is -2.31. The van der Waals surface area contributed by atoms with Crippen molar-refractivity contribution in [3.05, 3.63) is 29.8 Å². The molecule has 1 aromatic carbocycles. The van der Waals surface area contributed by atoms with Crippen LogP contribution in [0.5, 0.6) is 0 Å². The van der Waals surface area contributed by atoms with Gasteiger partial charge in [0.25, 0.3) is 5.91 Å². The van der Waals surface area contributed by atoms with E-state index in [0.717, 1.165) is 4.34 Å². The Kier molecular flexibility index (Phi) is 5.92. The third-order valence-electron chi connectivity index (χ3n) is 4.00. The molecule has 2 heterocycles. The Morgan fingerprint density at radius 3 is 2.62 bits per heavy atom. The van der Waals surface area contributed by atoms with Crippen LogP contribution in [-0.2, 0) is 10.0 Å². The van der Waals surface area contributed by atoms with E-state index in [2.05, 4.69) is 20.4 Å². The second-order valence-electron chi connectivity index (χ2n) is 5.77. The molecule has 0 radical (unpaired) electrons. The van der Waals surface area contributed by atoms with Crippen molar-refractivity contribution in [3.8, 4) is 0 Å². The molecule has 1 N–H and O–H groups in total. The Hall–Kier alpha value is -1.53. The molecule has 1 amide bonds. The minimum atomic E-state index is -3.62. The molecular weight excluding hydrogens is 394 g/mol. The Balaban J connectivity index is 1.77. The molecule has 0 unspecified atom stereocenters. The Labute approximate surface area is 160 Å². The first kappa shape index (κ1) is 19.2. The number of carbonyl (C=O) groups is 1. The van der Waals surface area contributed by atoms with Crippen molar-refractivity contribution in [1.29, 1.82) is 0 Å². The van der Waals surface area contributed by atoms with Gasteiger partial charge in [0.1, 0.15) is 0 Å². The van der Waals surface area contributed by atoms with E-state index in [1.807, 2.05) is 13.3 Å². The van der Waals surface area contributed by atoms with Crippen LogP contribution in [0.25, 0.3) is 0 Å². The van der Waals surface area contributed by atoms with Crippen LogP contribution in [0.15, 0.2) is 33.5 Å². The standard InChI is InChI=1S/C15H19N5O3S3/c1-19-6-8-20(9-7-19)26(22,23)12-5-3-4-11(10-12)13(21)16-14-17-18-15(24-2)25-14/h3-5,10H,6-9H2,1-2H3,(H,16,17,21). The van der Waals surface area contributed by atoms with Crippen molar-refractivity contribution in [2.45, 2.75) is 9.24 Å². The molecule has 0 saturated carbocycles. The number of sulfonamides is 1. The van der Waals surface area contributed by atoms with Crippen LogP contribution in [0, 0.1) is 0 Å². The zero-order chi connectivity index (χ0) is 18.7. The third kappa shape index (κ3) is 4.23. The van der Waals surface area contributed by atoms with Crippen molar-refractivity contribution in [2.75, 3.05) is 44.8 Å². The summed E-state index contributed by atoms with van der Waals surface area (Å²) in [6.45, 7) is 2.26. The van der Waals surface area contributed by atoms with Crippen molar-refractivity contribution >= 4 is 44.2 Å². The number of carbonyl (C=O) groups excluding carboxylic acids is 1. The number of rotatable bonds is 5. The van der Waals surface area contributed by atoms with Gasteiger partial charge in [-0.05, 0) is 31.5 Å². The van der Waals surface area contributed by atoms with Gasteiger partial charge < -0.3 is 4.90 Å². The van der Waals surface area contributed by atoms with Crippen LogP contribution in [0.2, 0.25) is 0 Å². The summed E-state index contributed by atoms with van der Waals surface area (Å²) in [5.74, 6) is -0.413. The molecule has 0 aliphatic carbocycles. The molecule has 1 aliphatic rings. The zero-order valence-electron chi connectivity index (χ0n) is 14.4. The van der Waals surface area contributed by atoms with Gasteiger partial charge in [-0.1, -0.05) is 29.2 Å². The Bertz CT molecular complexity index is 891. The second-order valence-corrected chi connectivity index (χ2v) is 9.74. The van der Waals surface area contributed by atoms with Gasteiger partial charge >= 0.3 is 0 Å². The number of aromatic nitrogens is 2. The molecule has 3 rings (SSSR count). The lowest BCUT2D eigenvalue weighted by Crippen LogP contribution is -2.47. The summed E-state index contributed by atoms with van der Waals surface area (Å²) in [4.78, 5) is 14.6. The molecule has 0 atom stereocenters. The van der Waals surface area contributed by atoms with Crippen molar-refractivity contribution in [2.24, 2.45) is 0 Å². The number of hydrogen-bond acceptors (Lipinski definition) is 8. The Morgan fingerprint density at radius 2 is 1.96 bits per heavy atom. The van der Waals surface area contributed by atoms with Crippen LogP contribution in [0.4, 0.5) is 5.13 Å². The number of piperazine rings is 1. The maximum atomic E-state index is 12.8. The molecular formula is C15H19N5O3S3. The van der Waals surface area contributed by atoms with E-state index in [-0.39, 0.29) is 10.5 Å². The number of benzene rings is 1. The van der Waals surface area contributed by atoms with Gasteiger partial charge in [0.15, 0.2) is 4.34 Å². The van der Waals surface area contributed by atoms with Crippen LogP contribution in [0.3, 0.4) is 0 Å². The fourth-order valence-corrected chi connectivity index (χ4v) is 5.12. The van der Waals surface area contributed by atoms with Gasteiger partial charge in [0.2, 0.25) is 15.2 Å². The molecule has 0 spiro atoms. The Morgan fingerprint density at radius 1 is 1.23 bits per heavy atom. The number of nitrogens with zero attached hydrogens (tertiary/aromatic N) is 4. The first-order valence-corrected chi connectivity index (χ1v) is 11.4. The predicted octanol–water partition coefficient (Wildman–Crippen LogP) is 1.45. The molecule has 140 valence electrons. The van der Waals surface area contributed by atoms with E-state index < -0.39 is 15.9 Å². The summed E-state index contributed by atoms with van der Waals surface area (Å²) >= 11 is 2.71. The number of anilines is 1. The highest BCUT2D eigenvalue weighted by Crippen LogP contribution is 2.24. The van der Waals surface area contributed by atoms with Crippen molar-refractivity contribution in [1.82, 2.24) is 19.4 Å². The van der Waals surface area contributed by atoms with Crippen LogP contribution in [-0.4, -0.2) is 73.2 Å². The molecule has 8 nitrogen and oxygen atoms in total. The number of nitrogens with one attached hydrogen (secondary N) is 1. The fraction of sp³-hybridized carbons (Fsp3) is 0.400. The first-order valence-electron chi connectivity index (χ1n) is 7.88. The van der Waals surface area contributed by atoms with E-state index in [4.69, 9.17) is 0 Å². The van der Waals surface area contributed by atoms with Gasteiger partial charge in [-0.15, -0.1) is 10.2 Å². The molecule has 26 heavy (non-hydrogen) atoms. The van der Waals surface area contributed by atoms with E-state index in [1.54, 1.807) is 12.1 Å². The number of amides is 1. The summed E-state index contributed by atoms with van der Waals surface area (Å²) in [5.41, 5.74) is 0.265. The number of hydrogen-bond donors (Lipinski definition) is 1. The van der Waals surface area contributed by atoms with Crippen LogP contribution >= 0.6 is 23.1 Å². The molecule has 0 bridgehead atoms. The van der Waals surface area contributed by atoms with E-state index in [1.165, 1.54) is 39.5 Å². The minimum absolute atomic E-state index is 0.122. The highest BCUT2D eigenvalue weighted by molar-refractivity contribution is 8.00. The molecule has 2 aromatic rings. The summed E-state index contributed by atoms with van der Waals surface area (Å²) in [6.07, 6.45) is 1.87.